The van der Waals surface area contributed by atoms with Crippen LogP contribution < -0.4 is 0 Å². The first kappa shape index (κ1) is 16.1. The summed E-state index contributed by atoms with van der Waals surface area (Å²) in [6, 6.07) is 2.18. The maximum absolute atomic E-state index is 4.25. The Bertz CT molecular complexity index is 334. The van der Waals surface area contributed by atoms with E-state index in [-0.39, 0.29) is 0 Å². The van der Waals surface area contributed by atoms with Gasteiger partial charge in [0.25, 0.3) is 0 Å². The van der Waals surface area contributed by atoms with Crippen molar-refractivity contribution >= 4 is 0 Å². The number of fused-ring (bicyclic) bond motifs is 1. The molecule has 1 heterocycles. The summed E-state index contributed by atoms with van der Waals surface area (Å²) in [5.74, 6) is 0. The zero-order valence-corrected chi connectivity index (χ0v) is 12.6. The number of aryl methyl sites for hydroxylation is 1. The van der Waals surface area contributed by atoms with Gasteiger partial charge in [-0.15, -0.1) is 0 Å². The zero-order chi connectivity index (χ0) is 13.5. The van der Waals surface area contributed by atoms with Gasteiger partial charge in [-0.2, -0.15) is 10.2 Å². The van der Waals surface area contributed by atoms with Crippen molar-refractivity contribution in [3.8, 4) is 0 Å². The highest BCUT2D eigenvalue weighted by atomic mass is 15.1. The Hall–Kier alpha value is -0.920. The average molecular weight is 236 g/mol. The summed E-state index contributed by atoms with van der Waals surface area (Å²) in [4.78, 5) is 0. The standard InChI is InChI=1S/C11H16N2.2C2H6/c1-4-11(3)6-9-5-8(2)12-13-10(9)7-11;2*1-2/h5H,4,6-7H2,1-3H3;2*1-2H3. The van der Waals surface area contributed by atoms with Crippen molar-refractivity contribution in [3.05, 3.63) is 23.0 Å². The smallest absolute Gasteiger partial charge is 0.0668 e. The minimum atomic E-state index is 0.435. The minimum absolute atomic E-state index is 0.435. The van der Waals surface area contributed by atoms with Crippen molar-refractivity contribution in [2.45, 2.75) is 67.7 Å². The lowest BCUT2D eigenvalue weighted by molar-refractivity contribution is 0.330. The van der Waals surface area contributed by atoms with Gasteiger partial charge in [-0.05, 0) is 36.8 Å². The second kappa shape index (κ2) is 7.41. The van der Waals surface area contributed by atoms with E-state index in [0.29, 0.717) is 5.41 Å². The third-order valence-electron chi connectivity index (χ3n) is 3.15. The zero-order valence-electron chi connectivity index (χ0n) is 12.6. The first-order valence-corrected chi connectivity index (χ1v) is 6.95. The third kappa shape index (κ3) is 4.10. The Balaban J connectivity index is 0.000000581. The molecule has 1 atom stereocenters. The van der Waals surface area contributed by atoms with E-state index in [1.54, 1.807) is 0 Å². The van der Waals surface area contributed by atoms with Crippen molar-refractivity contribution in [1.82, 2.24) is 10.2 Å². The summed E-state index contributed by atoms with van der Waals surface area (Å²) < 4.78 is 0. The van der Waals surface area contributed by atoms with Crippen LogP contribution >= 0.6 is 0 Å². The quantitative estimate of drug-likeness (QED) is 0.724. The lowest BCUT2D eigenvalue weighted by atomic mass is 9.85. The van der Waals surface area contributed by atoms with E-state index in [2.05, 4.69) is 30.1 Å². The number of hydrogen-bond donors (Lipinski definition) is 0. The molecule has 0 aliphatic heterocycles. The SMILES string of the molecule is CC.CC.CCC1(C)Cc2cc(C)nnc2C1. The predicted molar refractivity (Wildman–Crippen MR) is 75.3 cm³/mol. The van der Waals surface area contributed by atoms with Crippen LogP contribution in [-0.4, -0.2) is 10.2 Å². The summed E-state index contributed by atoms with van der Waals surface area (Å²) >= 11 is 0. The monoisotopic (exact) mass is 236 g/mol. The summed E-state index contributed by atoms with van der Waals surface area (Å²) in [6.45, 7) is 14.6. The van der Waals surface area contributed by atoms with Crippen molar-refractivity contribution in [2.75, 3.05) is 0 Å². The molecule has 1 aliphatic carbocycles. The molecule has 0 saturated carbocycles. The van der Waals surface area contributed by atoms with Crippen molar-refractivity contribution in [3.63, 3.8) is 0 Å². The minimum Gasteiger partial charge on any atom is -0.156 e. The fraction of sp³-hybridized carbons (Fsp3) is 0.733. The van der Waals surface area contributed by atoms with Crippen LogP contribution in [0.1, 0.15) is 64.9 Å². The number of aromatic nitrogens is 2. The molecule has 0 radical (unpaired) electrons. The van der Waals surface area contributed by atoms with Gasteiger partial charge in [0.15, 0.2) is 0 Å². The average Bonchev–Trinajstić information content (AvgIpc) is 2.71. The van der Waals surface area contributed by atoms with Crippen molar-refractivity contribution in [2.24, 2.45) is 5.41 Å². The first-order chi connectivity index (χ1) is 8.13. The van der Waals surface area contributed by atoms with E-state index in [4.69, 9.17) is 0 Å². The lowest BCUT2D eigenvalue weighted by Gasteiger charge is -2.19. The van der Waals surface area contributed by atoms with E-state index in [1.165, 1.54) is 24.1 Å². The van der Waals surface area contributed by atoms with Gasteiger partial charge in [-0.1, -0.05) is 48.0 Å². The van der Waals surface area contributed by atoms with E-state index in [0.717, 1.165) is 12.1 Å². The van der Waals surface area contributed by atoms with Gasteiger partial charge in [-0.25, -0.2) is 0 Å². The van der Waals surface area contributed by atoms with Crippen LogP contribution in [0.3, 0.4) is 0 Å². The Morgan fingerprint density at radius 2 is 1.71 bits per heavy atom. The highest BCUT2D eigenvalue weighted by molar-refractivity contribution is 5.28. The van der Waals surface area contributed by atoms with Crippen LogP contribution in [-0.2, 0) is 12.8 Å². The van der Waals surface area contributed by atoms with Crippen LogP contribution in [0.15, 0.2) is 6.07 Å². The van der Waals surface area contributed by atoms with E-state index >= 15 is 0 Å². The van der Waals surface area contributed by atoms with Gasteiger partial charge in [-0.3, -0.25) is 0 Å². The maximum Gasteiger partial charge on any atom is 0.0668 e. The normalized spacial score (nSPS) is 20.6. The molecule has 1 aromatic rings. The molecule has 98 valence electrons. The molecule has 0 bridgehead atoms. The van der Waals surface area contributed by atoms with Gasteiger partial charge < -0.3 is 0 Å². The molecule has 1 aliphatic rings. The molecule has 1 aromatic heterocycles. The third-order valence-corrected chi connectivity index (χ3v) is 3.15. The van der Waals surface area contributed by atoms with Crippen LogP contribution in [0.25, 0.3) is 0 Å². The second-order valence-electron chi connectivity index (χ2n) is 4.48. The maximum atomic E-state index is 4.25. The summed E-state index contributed by atoms with van der Waals surface area (Å²) in [7, 11) is 0. The molecule has 0 spiro atoms. The molecule has 2 rings (SSSR count). The fourth-order valence-corrected chi connectivity index (χ4v) is 2.05. The lowest BCUT2D eigenvalue weighted by Crippen LogP contribution is -2.14. The summed E-state index contributed by atoms with van der Waals surface area (Å²) in [5, 5.41) is 8.35. The molecule has 1 unspecified atom stereocenters. The highest BCUT2D eigenvalue weighted by Crippen LogP contribution is 2.37. The fourth-order valence-electron chi connectivity index (χ4n) is 2.05. The molecular weight excluding hydrogens is 208 g/mol. The van der Waals surface area contributed by atoms with Gasteiger partial charge >= 0.3 is 0 Å². The van der Waals surface area contributed by atoms with Gasteiger partial charge in [0.1, 0.15) is 0 Å². The molecular formula is C15H28N2. The molecule has 0 saturated heterocycles. The van der Waals surface area contributed by atoms with Crippen LogP contribution in [0.4, 0.5) is 0 Å². The van der Waals surface area contributed by atoms with Crippen molar-refractivity contribution < 1.29 is 0 Å². The topological polar surface area (TPSA) is 25.8 Å². The molecule has 0 N–H and O–H groups in total. The Kier molecular flexibility index (Phi) is 7.01. The first-order valence-electron chi connectivity index (χ1n) is 6.95. The van der Waals surface area contributed by atoms with Gasteiger partial charge in [0, 0.05) is 0 Å². The van der Waals surface area contributed by atoms with Crippen LogP contribution in [0, 0.1) is 12.3 Å². The molecule has 2 heteroatoms. The van der Waals surface area contributed by atoms with E-state index in [9.17, 15) is 0 Å². The van der Waals surface area contributed by atoms with E-state index < -0.39 is 0 Å². The molecule has 2 nitrogen and oxygen atoms in total. The molecule has 17 heavy (non-hydrogen) atoms. The Labute approximate surface area is 107 Å². The summed E-state index contributed by atoms with van der Waals surface area (Å²) in [5.41, 5.74) is 4.11. The second-order valence-corrected chi connectivity index (χ2v) is 4.48. The number of nitrogens with zero attached hydrogens (tertiary/aromatic N) is 2. The van der Waals surface area contributed by atoms with Gasteiger partial charge in [0.05, 0.1) is 11.4 Å². The number of hydrogen-bond acceptors (Lipinski definition) is 2. The molecule has 0 amide bonds. The predicted octanol–water partition coefficient (Wildman–Crippen LogP) is 4.35. The highest BCUT2D eigenvalue weighted by Gasteiger charge is 2.32. The molecule has 0 fully saturated rings. The van der Waals surface area contributed by atoms with E-state index in [1.807, 2.05) is 34.6 Å². The van der Waals surface area contributed by atoms with Crippen LogP contribution in [0.2, 0.25) is 0 Å². The van der Waals surface area contributed by atoms with Gasteiger partial charge in [0.2, 0.25) is 0 Å². The largest absolute Gasteiger partial charge is 0.156 e. The number of rotatable bonds is 1. The Morgan fingerprint density at radius 3 is 2.24 bits per heavy atom. The summed E-state index contributed by atoms with van der Waals surface area (Å²) in [6.07, 6.45) is 3.50. The Morgan fingerprint density at radius 1 is 1.12 bits per heavy atom. The van der Waals surface area contributed by atoms with Crippen LogP contribution in [0.5, 0.6) is 0 Å². The molecule has 0 aromatic carbocycles. The van der Waals surface area contributed by atoms with Crippen molar-refractivity contribution in [1.29, 1.82) is 0 Å².